The van der Waals surface area contributed by atoms with Crippen LogP contribution >= 0.6 is 11.6 Å². The van der Waals surface area contributed by atoms with Gasteiger partial charge in [0.15, 0.2) is 11.5 Å². The molecule has 31 heavy (non-hydrogen) atoms. The summed E-state index contributed by atoms with van der Waals surface area (Å²) in [7, 11) is 0. The van der Waals surface area contributed by atoms with E-state index in [-0.39, 0.29) is 0 Å². The van der Waals surface area contributed by atoms with Gasteiger partial charge >= 0.3 is 0 Å². The second kappa shape index (κ2) is 8.38. The van der Waals surface area contributed by atoms with E-state index in [2.05, 4.69) is 45.1 Å². The Balaban J connectivity index is 1.42. The highest BCUT2D eigenvalue weighted by molar-refractivity contribution is 6.30. The molecule has 0 aliphatic carbocycles. The second-order valence-corrected chi connectivity index (χ2v) is 8.07. The minimum Gasteiger partial charge on any atom is -0.351 e. The first-order chi connectivity index (χ1) is 15.2. The van der Waals surface area contributed by atoms with Crippen molar-refractivity contribution in [3.63, 3.8) is 0 Å². The Morgan fingerprint density at radius 1 is 0.935 bits per heavy atom. The largest absolute Gasteiger partial charge is 0.351 e. The Morgan fingerprint density at radius 3 is 2.39 bits per heavy atom. The fourth-order valence-corrected chi connectivity index (χ4v) is 4.18. The van der Waals surface area contributed by atoms with Crippen LogP contribution in [0.5, 0.6) is 0 Å². The first-order valence-corrected chi connectivity index (χ1v) is 10.7. The third kappa shape index (κ3) is 3.86. The van der Waals surface area contributed by atoms with E-state index in [4.69, 9.17) is 16.7 Å². The molecule has 1 aliphatic rings. The van der Waals surface area contributed by atoms with Crippen LogP contribution < -0.4 is 4.90 Å². The molecule has 154 valence electrons. The summed E-state index contributed by atoms with van der Waals surface area (Å²) < 4.78 is 1.77. The van der Waals surface area contributed by atoms with Gasteiger partial charge in [-0.2, -0.15) is 5.26 Å². The van der Waals surface area contributed by atoms with Gasteiger partial charge in [-0.05, 0) is 23.8 Å². The van der Waals surface area contributed by atoms with E-state index in [1.165, 1.54) is 5.56 Å². The summed E-state index contributed by atoms with van der Waals surface area (Å²) in [5.74, 6) is 0.704. The predicted molar refractivity (Wildman–Crippen MR) is 122 cm³/mol. The molecule has 7 heteroatoms. The zero-order valence-corrected chi connectivity index (χ0v) is 17.7. The van der Waals surface area contributed by atoms with Crippen LogP contribution in [0.3, 0.4) is 0 Å². The van der Waals surface area contributed by atoms with Crippen LogP contribution in [0.1, 0.15) is 11.1 Å². The van der Waals surface area contributed by atoms with Gasteiger partial charge in [0.1, 0.15) is 11.6 Å². The topological polar surface area (TPSA) is 60.5 Å². The Kier molecular flexibility index (Phi) is 5.29. The molecule has 0 unspecified atom stereocenters. The van der Waals surface area contributed by atoms with Crippen LogP contribution in [0.25, 0.3) is 16.9 Å². The molecule has 0 atom stereocenters. The molecule has 3 heterocycles. The predicted octanol–water partition coefficient (Wildman–Crippen LogP) is 4.24. The summed E-state index contributed by atoms with van der Waals surface area (Å²) >= 11 is 6.05. The number of fused-ring (bicyclic) bond motifs is 1. The summed E-state index contributed by atoms with van der Waals surface area (Å²) in [5.41, 5.74) is 4.28. The highest BCUT2D eigenvalue weighted by Crippen LogP contribution is 2.28. The number of piperazine rings is 1. The van der Waals surface area contributed by atoms with Crippen molar-refractivity contribution in [2.45, 2.75) is 6.54 Å². The van der Waals surface area contributed by atoms with E-state index in [1.54, 1.807) is 10.7 Å². The number of anilines is 1. The van der Waals surface area contributed by atoms with Crippen molar-refractivity contribution in [3.8, 4) is 17.3 Å². The van der Waals surface area contributed by atoms with E-state index >= 15 is 0 Å². The SMILES string of the molecule is N#Cc1c(N2CCN(Cc3ccccc3)CC2)nn2c(-c3ccc(Cl)cc3)ccnc12. The average molecular weight is 429 g/mol. The maximum atomic E-state index is 9.88. The van der Waals surface area contributed by atoms with Gasteiger partial charge in [-0.3, -0.25) is 4.90 Å². The van der Waals surface area contributed by atoms with Gasteiger partial charge in [0.2, 0.25) is 0 Å². The lowest BCUT2D eigenvalue weighted by molar-refractivity contribution is 0.249. The molecule has 0 saturated carbocycles. The molecular formula is C24H21ClN6. The van der Waals surface area contributed by atoms with Crippen LogP contribution in [0, 0.1) is 11.3 Å². The Morgan fingerprint density at radius 2 is 1.68 bits per heavy atom. The van der Waals surface area contributed by atoms with Gasteiger partial charge in [-0.25, -0.2) is 9.50 Å². The summed E-state index contributed by atoms with van der Waals surface area (Å²) in [6.07, 6.45) is 1.73. The fraction of sp³-hybridized carbons (Fsp3) is 0.208. The van der Waals surface area contributed by atoms with Gasteiger partial charge in [0.05, 0.1) is 5.69 Å². The lowest BCUT2D eigenvalue weighted by atomic mass is 10.1. The molecule has 1 saturated heterocycles. The minimum absolute atomic E-state index is 0.521. The van der Waals surface area contributed by atoms with Gasteiger partial charge in [0.25, 0.3) is 0 Å². The van der Waals surface area contributed by atoms with E-state index in [9.17, 15) is 5.26 Å². The Bertz CT molecular complexity index is 1240. The first-order valence-electron chi connectivity index (χ1n) is 10.3. The normalized spacial score (nSPS) is 14.6. The molecule has 1 aliphatic heterocycles. The molecule has 2 aromatic heterocycles. The first kappa shape index (κ1) is 19.6. The summed E-state index contributed by atoms with van der Waals surface area (Å²) in [4.78, 5) is 9.09. The average Bonchev–Trinajstić information content (AvgIpc) is 3.20. The number of rotatable bonds is 4. The third-order valence-electron chi connectivity index (χ3n) is 5.67. The number of hydrogen-bond donors (Lipinski definition) is 0. The molecule has 0 radical (unpaired) electrons. The Labute approximate surface area is 185 Å². The molecule has 0 spiro atoms. The number of nitriles is 1. The van der Waals surface area contributed by atoms with E-state index in [0.29, 0.717) is 22.1 Å². The van der Waals surface area contributed by atoms with Crippen LogP contribution in [-0.4, -0.2) is 45.7 Å². The molecular weight excluding hydrogens is 408 g/mol. The number of benzene rings is 2. The quantitative estimate of drug-likeness (QED) is 0.486. The lowest BCUT2D eigenvalue weighted by Crippen LogP contribution is -2.46. The zero-order valence-electron chi connectivity index (χ0n) is 16.9. The molecule has 4 aromatic rings. The van der Waals surface area contributed by atoms with Gasteiger partial charge in [0, 0.05) is 49.5 Å². The fourth-order valence-electron chi connectivity index (χ4n) is 4.05. The highest BCUT2D eigenvalue weighted by Gasteiger charge is 2.25. The molecule has 0 amide bonds. The molecule has 6 nitrogen and oxygen atoms in total. The van der Waals surface area contributed by atoms with Crippen LogP contribution in [0.4, 0.5) is 5.82 Å². The molecule has 2 aromatic carbocycles. The maximum Gasteiger partial charge on any atom is 0.175 e. The number of hydrogen-bond acceptors (Lipinski definition) is 5. The van der Waals surface area contributed by atoms with E-state index < -0.39 is 0 Å². The zero-order chi connectivity index (χ0) is 21.2. The number of aromatic nitrogens is 3. The Hall–Kier alpha value is -3.40. The highest BCUT2D eigenvalue weighted by atomic mass is 35.5. The van der Waals surface area contributed by atoms with Crippen LogP contribution in [0.15, 0.2) is 66.9 Å². The van der Waals surface area contributed by atoms with Crippen molar-refractivity contribution in [2.75, 3.05) is 31.1 Å². The van der Waals surface area contributed by atoms with Crippen LogP contribution in [0.2, 0.25) is 5.02 Å². The van der Waals surface area contributed by atoms with Crippen LogP contribution in [-0.2, 0) is 6.54 Å². The molecule has 1 fully saturated rings. The number of halogens is 1. The van der Waals surface area contributed by atoms with Crippen molar-refractivity contribution in [1.29, 1.82) is 5.26 Å². The van der Waals surface area contributed by atoms with Gasteiger partial charge in [-0.1, -0.05) is 54.1 Å². The molecule has 0 N–H and O–H groups in total. The van der Waals surface area contributed by atoms with Crippen molar-refractivity contribution < 1.29 is 0 Å². The van der Waals surface area contributed by atoms with E-state index in [1.807, 2.05) is 36.4 Å². The summed E-state index contributed by atoms with van der Waals surface area (Å²) in [5, 5.41) is 15.4. The molecule has 0 bridgehead atoms. The maximum absolute atomic E-state index is 9.88. The number of nitrogens with zero attached hydrogens (tertiary/aromatic N) is 6. The van der Waals surface area contributed by atoms with Gasteiger partial charge < -0.3 is 4.90 Å². The smallest absolute Gasteiger partial charge is 0.175 e. The summed E-state index contributed by atoms with van der Waals surface area (Å²) in [6.45, 7) is 4.42. The van der Waals surface area contributed by atoms with E-state index in [0.717, 1.165) is 44.0 Å². The third-order valence-corrected chi connectivity index (χ3v) is 5.92. The monoisotopic (exact) mass is 428 g/mol. The second-order valence-electron chi connectivity index (χ2n) is 7.63. The molecule has 5 rings (SSSR count). The van der Waals surface area contributed by atoms with Crippen molar-refractivity contribution in [2.24, 2.45) is 0 Å². The van der Waals surface area contributed by atoms with Gasteiger partial charge in [-0.15, -0.1) is 5.10 Å². The standard InChI is InChI=1S/C24H21ClN6/c25-20-8-6-19(7-9-20)22-10-11-27-23-21(16-26)24(28-31(22)23)30-14-12-29(13-15-30)17-18-4-2-1-3-5-18/h1-11H,12-15,17H2. The minimum atomic E-state index is 0.521. The van der Waals surface area contributed by atoms with Crippen molar-refractivity contribution in [1.82, 2.24) is 19.5 Å². The van der Waals surface area contributed by atoms with Crippen molar-refractivity contribution >= 4 is 23.1 Å². The van der Waals surface area contributed by atoms with Crippen molar-refractivity contribution in [3.05, 3.63) is 83.0 Å². The lowest BCUT2D eigenvalue weighted by Gasteiger charge is -2.34. The summed E-state index contributed by atoms with van der Waals surface area (Å²) in [6, 6.07) is 22.4.